The number of benzene rings is 1. The lowest BCUT2D eigenvalue weighted by atomic mass is 9.96. The van der Waals surface area contributed by atoms with Crippen LogP contribution < -0.4 is 0 Å². The molecule has 14 heavy (non-hydrogen) atoms. The molecule has 1 heterocycles. The van der Waals surface area contributed by atoms with E-state index in [1.54, 1.807) is 0 Å². The van der Waals surface area contributed by atoms with Crippen LogP contribution in [-0.2, 0) is 0 Å². The van der Waals surface area contributed by atoms with Crippen LogP contribution in [0.15, 0.2) is 29.3 Å². The lowest BCUT2D eigenvalue weighted by Gasteiger charge is -2.11. The molecule has 0 unspecified atom stereocenters. The summed E-state index contributed by atoms with van der Waals surface area (Å²) in [5, 5.41) is 0. The Hall–Kier alpha value is -1.37. The van der Waals surface area contributed by atoms with Crippen LogP contribution in [-0.4, -0.2) is 6.21 Å². The van der Waals surface area contributed by atoms with E-state index in [1.807, 2.05) is 6.21 Å². The summed E-state index contributed by atoms with van der Waals surface area (Å²) in [4.78, 5) is 4.44. The quantitative estimate of drug-likeness (QED) is 0.628. The maximum atomic E-state index is 4.44. The monoisotopic (exact) mass is 185 g/mol. The molecule has 0 saturated carbocycles. The highest BCUT2D eigenvalue weighted by Crippen LogP contribution is 2.30. The number of allylic oxidation sites excluding steroid dienone is 1. The molecular weight excluding hydrogens is 170 g/mol. The third-order valence-electron chi connectivity index (χ3n) is 2.50. The van der Waals surface area contributed by atoms with Crippen molar-refractivity contribution in [1.82, 2.24) is 0 Å². The second-order valence-electron chi connectivity index (χ2n) is 3.88. The van der Waals surface area contributed by atoms with Gasteiger partial charge in [-0.25, -0.2) is 0 Å². The van der Waals surface area contributed by atoms with Gasteiger partial charge in [0.05, 0.1) is 5.69 Å². The zero-order valence-corrected chi connectivity index (χ0v) is 8.70. The summed E-state index contributed by atoms with van der Waals surface area (Å²) >= 11 is 0. The SMILES string of the molecule is CC(C)c1cccc2c1C=CCC=N2. The molecule has 1 aromatic rings. The molecule has 72 valence electrons. The number of aliphatic imine (C=N–C) groups is 1. The van der Waals surface area contributed by atoms with Gasteiger partial charge in [0.1, 0.15) is 0 Å². The van der Waals surface area contributed by atoms with Gasteiger partial charge in [-0.1, -0.05) is 38.1 Å². The number of fused-ring (bicyclic) bond motifs is 1. The van der Waals surface area contributed by atoms with E-state index >= 15 is 0 Å². The van der Waals surface area contributed by atoms with Gasteiger partial charge < -0.3 is 0 Å². The minimum Gasteiger partial charge on any atom is -0.260 e. The number of hydrogen-bond acceptors (Lipinski definition) is 1. The standard InChI is InChI=1S/C13H15N/c1-10(2)11-7-5-8-13-12(11)6-3-4-9-14-13/h3,5-10H,4H2,1-2H3. The molecule has 0 aromatic heterocycles. The van der Waals surface area contributed by atoms with Gasteiger partial charge in [-0.05, 0) is 17.5 Å². The van der Waals surface area contributed by atoms with Crippen molar-refractivity contribution in [3.63, 3.8) is 0 Å². The van der Waals surface area contributed by atoms with Gasteiger partial charge in [-0.2, -0.15) is 0 Å². The number of rotatable bonds is 1. The molecule has 1 aliphatic rings. The highest BCUT2D eigenvalue weighted by molar-refractivity contribution is 5.77. The molecule has 0 spiro atoms. The third-order valence-corrected chi connectivity index (χ3v) is 2.50. The first-order valence-electron chi connectivity index (χ1n) is 5.11. The van der Waals surface area contributed by atoms with Crippen LogP contribution in [0.25, 0.3) is 6.08 Å². The van der Waals surface area contributed by atoms with Crippen LogP contribution in [0.3, 0.4) is 0 Å². The van der Waals surface area contributed by atoms with Crippen molar-refractivity contribution < 1.29 is 0 Å². The van der Waals surface area contributed by atoms with Crippen molar-refractivity contribution in [2.24, 2.45) is 4.99 Å². The molecule has 1 aliphatic heterocycles. The molecule has 2 rings (SSSR count). The van der Waals surface area contributed by atoms with Gasteiger partial charge in [0.15, 0.2) is 0 Å². The fraction of sp³-hybridized carbons (Fsp3) is 0.308. The Balaban J connectivity index is 2.60. The molecule has 0 radical (unpaired) electrons. The fourth-order valence-corrected chi connectivity index (χ4v) is 1.77. The molecule has 1 nitrogen and oxygen atoms in total. The van der Waals surface area contributed by atoms with E-state index in [2.05, 4.69) is 49.2 Å². The third kappa shape index (κ3) is 1.63. The van der Waals surface area contributed by atoms with E-state index in [0.29, 0.717) is 5.92 Å². The molecule has 0 aliphatic carbocycles. The molecule has 1 heteroatoms. The largest absolute Gasteiger partial charge is 0.260 e. The molecule has 0 saturated heterocycles. The zero-order valence-electron chi connectivity index (χ0n) is 8.70. The average molecular weight is 185 g/mol. The van der Waals surface area contributed by atoms with Crippen molar-refractivity contribution in [2.75, 3.05) is 0 Å². The van der Waals surface area contributed by atoms with Crippen molar-refractivity contribution >= 4 is 18.0 Å². The number of nitrogens with zero attached hydrogens (tertiary/aromatic N) is 1. The summed E-state index contributed by atoms with van der Waals surface area (Å²) in [5.74, 6) is 0.558. The summed E-state index contributed by atoms with van der Waals surface area (Å²) < 4.78 is 0. The Morgan fingerprint density at radius 2 is 2.14 bits per heavy atom. The Kier molecular flexibility index (Phi) is 2.49. The molecule has 0 N–H and O–H groups in total. The molecular formula is C13H15N. The molecule has 0 amide bonds. The predicted octanol–water partition coefficient (Wildman–Crippen LogP) is 3.93. The normalized spacial score (nSPS) is 14.2. The van der Waals surface area contributed by atoms with E-state index in [0.717, 1.165) is 12.1 Å². The zero-order chi connectivity index (χ0) is 9.97. The van der Waals surface area contributed by atoms with Crippen LogP contribution in [0.5, 0.6) is 0 Å². The van der Waals surface area contributed by atoms with E-state index < -0.39 is 0 Å². The van der Waals surface area contributed by atoms with Crippen molar-refractivity contribution in [3.8, 4) is 0 Å². The summed E-state index contributed by atoms with van der Waals surface area (Å²) in [6.45, 7) is 4.44. The highest BCUT2D eigenvalue weighted by Gasteiger charge is 2.08. The van der Waals surface area contributed by atoms with Crippen molar-refractivity contribution in [3.05, 3.63) is 35.4 Å². The lowest BCUT2D eigenvalue weighted by molar-refractivity contribution is 0.864. The minimum atomic E-state index is 0.558. The van der Waals surface area contributed by atoms with Crippen LogP contribution in [0.2, 0.25) is 0 Å². The molecule has 0 fully saturated rings. The van der Waals surface area contributed by atoms with Crippen LogP contribution in [0.4, 0.5) is 5.69 Å². The maximum Gasteiger partial charge on any atom is 0.0700 e. The average Bonchev–Trinajstić information content (AvgIpc) is 2.41. The predicted molar refractivity (Wildman–Crippen MR) is 62.3 cm³/mol. The lowest BCUT2D eigenvalue weighted by Crippen LogP contribution is -1.91. The molecule has 1 aromatic carbocycles. The summed E-state index contributed by atoms with van der Waals surface area (Å²) in [6, 6.07) is 6.35. The Morgan fingerprint density at radius 1 is 1.29 bits per heavy atom. The topological polar surface area (TPSA) is 12.4 Å². The van der Waals surface area contributed by atoms with Gasteiger partial charge in [-0.15, -0.1) is 0 Å². The van der Waals surface area contributed by atoms with Crippen LogP contribution >= 0.6 is 0 Å². The maximum absolute atomic E-state index is 4.44. The summed E-state index contributed by atoms with van der Waals surface area (Å²) in [5.41, 5.74) is 3.78. The van der Waals surface area contributed by atoms with Gasteiger partial charge >= 0.3 is 0 Å². The Morgan fingerprint density at radius 3 is 2.93 bits per heavy atom. The van der Waals surface area contributed by atoms with Crippen molar-refractivity contribution in [1.29, 1.82) is 0 Å². The first-order valence-corrected chi connectivity index (χ1v) is 5.11. The van der Waals surface area contributed by atoms with E-state index in [-0.39, 0.29) is 0 Å². The van der Waals surface area contributed by atoms with E-state index in [1.165, 1.54) is 11.1 Å². The van der Waals surface area contributed by atoms with Gasteiger partial charge in [0.25, 0.3) is 0 Å². The van der Waals surface area contributed by atoms with E-state index in [9.17, 15) is 0 Å². The first kappa shape index (κ1) is 9.20. The highest BCUT2D eigenvalue weighted by atomic mass is 14.7. The summed E-state index contributed by atoms with van der Waals surface area (Å²) in [7, 11) is 0. The van der Waals surface area contributed by atoms with Crippen LogP contribution in [0.1, 0.15) is 37.3 Å². The summed E-state index contributed by atoms with van der Waals surface area (Å²) in [6.07, 6.45) is 7.26. The van der Waals surface area contributed by atoms with Gasteiger partial charge in [0.2, 0.25) is 0 Å². The first-order chi connectivity index (χ1) is 6.79. The van der Waals surface area contributed by atoms with Crippen molar-refractivity contribution in [2.45, 2.75) is 26.2 Å². The smallest absolute Gasteiger partial charge is 0.0700 e. The van der Waals surface area contributed by atoms with Gasteiger partial charge in [-0.3, -0.25) is 4.99 Å². The molecule has 0 bridgehead atoms. The van der Waals surface area contributed by atoms with E-state index in [4.69, 9.17) is 0 Å². The second-order valence-corrected chi connectivity index (χ2v) is 3.88. The fourth-order valence-electron chi connectivity index (χ4n) is 1.77. The minimum absolute atomic E-state index is 0.558. The number of hydrogen-bond donors (Lipinski definition) is 0. The van der Waals surface area contributed by atoms with Gasteiger partial charge in [0, 0.05) is 18.2 Å². The molecule has 0 atom stereocenters. The Labute approximate surface area is 85.2 Å². The Bertz CT molecular complexity index is 386. The van der Waals surface area contributed by atoms with Crippen LogP contribution in [0, 0.1) is 0 Å². The second kappa shape index (κ2) is 3.79.